The summed E-state index contributed by atoms with van der Waals surface area (Å²) in [7, 11) is 0. The number of ether oxygens (including phenoxy) is 1. The minimum Gasteiger partial charge on any atom is -0.379 e. The van der Waals surface area contributed by atoms with Crippen molar-refractivity contribution in [1.82, 2.24) is 9.97 Å². The van der Waals surface area contributed by atoms with Crippen LogP contribution in [0.4, 0.5) is 5.82 Å². The highest BCUT2D eigenvalue weighted by Crippen LogP contribution is 2.12. The molecule has 0 spiro atoms. The van der Waals surface area contributed by atoms with Crippen LogP contribution in [0.1, 0.15) is 18.5 Å². The Morgan fingerprint density at radius 3 is 3.14 bits per heavy atom. The number of hydrogen-bond acceptors (Lipinski definition) is 4. The number of aromatic nitrogens is 2. The van der Waals surface area contributed by atoms with E-state index in [1.807, 2.05) is 13.0 Å². The van der Waals surface area contributed by atoms with Gasteiger partial charge in [-0.05, 0) is 19.8 Å². The molecule has 1 atom stereocenters. The molecule has 2 rings (SSSR count). The monoisotopic (exact) mass is 193 g/mol. The first-order valence-corrected chi connectivity index (χ1v) is 4.97. The van der Waals surface area contributed by atoms with Crippen LogP contribution in [-0.4, -0.2) is 29.2 Å². The van der Waals surface area contributed by atoms with Gasteiger partial charge in [0.15, 0.2) is 0 Å². The van der Waals surface area contributed by atoms with Gasteiger partial charge in [0, 0.05) is 18.4 Å². The number of aryl methyl sites for hydroxylation is 1. The van der Waals surface area contributed by atoms with Crippen molar-refractivity contribution in [2.24, 2.45) is 0 Å². The molecule has 0 amide bonds. The Balaban J connectivity index is 1.95. The number of hydrogen-bond donors (Lipinski definition) is 1. The van der Waals surface area contributed by atoms with E-state index in [4.69, 9.17) is 4.74 Å². The highest BCUT2D eigenvalue weighted by Gasteiger charge is 2.13. The van der Waals surface area contributed by atoms with Crippen LogP contribution in [0.2, 0.25) is 0 Å². The Morgan fingerprint density at radius 1 is 1.50 bits per heavy atom. The summed E-state index contributed by atoms with van der Waals surface area (Å²) in [5, 5.41) is 3.35. The molecule has 76 valence electrons. The molecule has 1 aromatic heterocycles. The van der Waals surface area contributed by atoms with Gasteiger partial charge >= 0.3 is 0 Å². The van der Waals surface area contributed by atoms with Gasteiger partial charge in [-0.1, -0.05) is 0 Å². The normalized spacial score (nSPS) is 21.9. The maximum atomic E-state index is 5.38. The topological polar surface area (TPSA) is 47.0 Å². The molecule has 14 heavy (non-hydrogen) atoms. The fourth-order valence-corrected chi connectivity index (χ4v) is 1.60. The predicted octanol–water partition coefficient (Wildman–Crippen LogP) is 1.38. The van der Waals surface area contributed by atoms with E-state index in [2.05, 4.69) is 15.3 Å². The molecule has 0 radical (unpaired) electrons. The van der Waals surface area contributed by atoms with Crippen molar-refractivity contribution in [2.45, 2.75) is 25.8 Å². The number of anilines is 1. The van der Waals surface area contributed by atoms with Gasteiger partial charge in [0.25, 0.3) is 0 Å². The molecule has 0 aliphatic carbocycles. The van der Waals surface area contributed by atoms with Crippen LogP contribution < -0.4 is 5.32 Å². The van der Waals surface area contributed by atoms with E-state index in [-0.39, 0.29) is 0 Å². The summed E-state index contributed by atoms with van der Waals surface area (Å²) in [4.78, 5) is 8.21. The second-order valence-corrected chi connectivity index (χ2v) is 3.60. The van der Waals surface area contributed by atoms with Gasteiger partial charge in [-0.15, -0.1) is 0 Å². The molecule has 1 aliphatic heterocycles. The molecule has 1 saturated heterocycles. The SMILES string of the molecule is Cc1cc(N[C@H]2CCCOC2)ncn1. The van der Waals surface area contributed by atoms with Crippen LogP contribution in [0.15, 0.2) is 12.4 Å². The van der Waals surface area contributed by atoms with Crippen LogP contribution in [0.25, 0.3) is 0 Å². The molecule has 1 aliphatic rings. The Labute approximate surface area is 83.7 Å². The van der Waals surface area contributed by atoms with Crippen molar-refractivity contribution in [3.8, 4) is 0 Å². The van der Waals surface area contributed by atoms with Crippen molar-refractivity contribution in [3.63, 3.8) is 0 Å². The van der Waals surface area contributed by atoms with Crippen LogP contribution >= 0.6 is 0 Å². The van der Waals surface area contributed by atoms with E-state index in [0.29, 0.717) is 6.04 Å². The molecule has 1 aromatic rings. The maximum absolute atomic E-state index is 5.38. The quantitative estimate of drug-likeness (QED) is 0.770. The molecule has 2 heterocycles. The summed E-state index contributed by atoms with van der Waals surface area (Å²) in [6.45, 7) is 3.63. The molecular weight excluding hydrogens is 178 g/mol. The molecule has 4 nitrogen and oxygen atoms in total. The van der Waals surface area contributed by atoms with Gasteiger partial charge in [-0.2, -0.15) is 0 Å². The Hall–Kier alpha value is -1.16. The Kier molecular flexibility index (Phi) is 2.93. The predicted molar refractivity (Wildman–Crippen MR) is 54.2 cm³/mol. The van der Waals surface area contributed by atoms with Gasteiger partial charge in [0.2, 0.25) is 0 Å². The lowest BCUT2D eigenvalue weighted by molar-refractivity contribution is 0.0875. The van der Waals surface area contributed by atoms with Crippen molar-refractivity contribution in [3.05, 3.63) is 18.1 Å². The minimum atomic E-state index is 0.401. The van der Waals surface area contributed by atoms with Crippen molar-refractivity contribution in [2.75, 3.05) is 18.5 Å². The van der Waals surface area contributed by atoms with Gasteiger partial charge in [-0.3, -0.25) is 0 Å². The molecule has 0 unspecified atom stereocenters. The zero-order valence-electron chi connectivity index (χ0n) is 8.36. The highest BCUT2D eigenvalue weighted by atomic mass is 16.5. The smallest absolute Gasteiger partial charge is 0.129 e. The van der Waals surface area contributed by atoms with E-state index in [0.717, 1.165) is 37.6 Å². The van der Waals surface area contributed by atoms with Crippen molar-refractivity contribution < 1.29 is 4.74 Å². The lowest BCUT2D eigenvalue weighted by atomic mass is 10.1. The molecule has 0 aromatic carbocycles. The van der Waals surface area contributed by atoms with Gasteiger partial charge in [-0.25, -0.2) is 9.97 Å². The third kappa shape index (κ3) is 2.42. The van der Waals surface area contributed by atoms with Crippen molar-refractivity contribution >= 4 is 5.82 Å². The van der Waals surface area contributed by atoms with Gasteiger partial charge < -0.3 is 10.1 Å². The second-order valence-electron chi connectivity index (χ2n) is 3.60. The fraction of sp³-hybridized carbons (Fsp3) is 0.600. The highest BCUT2D eigenvalue weighted by molar-refractivity contribution is 5.35. The first-order valence-electron chi connectivity index (χ1n) is 4.97. The third-order valence-corrected chi connectivity index (χ3v) is 2.32. The third-order valence-electron chi connectivity index (χ3n) is 2.32. The average molecular weight is 193 g/mol. The molecule has 4 heteroatoms. The molecule has 0 saturated carbocycles. The van der Waals surface area contributed by atoms with Crippen LogP contribution in [-0.2, 0) is 4.74 Å². The van der Waals surface area contributed by atoms with Crippen molar-refractivity contribution in [1.29, 1.82) is 0 Å². The summed E-state index contributed by atoms with van der Waals surface area (Å²) < 4.78 is 5.38. The largest absolute Gasteiger partial charge is 0.379 e. The van der Waals surface area contributed by atoms with E-state index in [1.165, 1.54) is 0 Å². The first-order chi connectivity index (χ1) is 6.84. The lowest BCUT2D eigenvalue weighted by Crippen LogP contribution is -2.30. The zero-order valence-corrected chi connectivity index (χ0v) is 8.36. The second kappa shape index (κ2) is 4.37. The van der Waals surface area contributed by atoms with E-state index in [9.17, 15) is 0 Å². The van der Waals surface area contributed by atoms with E-state index >= 15 is 0 Å². The van der Waals surface area contributed by atoms with Gasteiger partial charge in [0.1, 0.15) is 12.1 Å². The van der Waals surface area contributed by atoms with E-state index in [1.54, 1.807) is 6.33 Å². The summed E-state index contributed by atoms with van der Waals surface area (Å²) >= 11 is 0. The molecule has 1 N–H and O–H groups in total. The van der Waals surface area contributed by atoms with E-state index < -0.39 is 0 Å². The minimum absolute atomic E-state index is 0.401. The first kappa shape index (κ1) is 9.40. The maximum Gasteiger partial charge on any atom is 0.129 e. The number of nitrogens with zero attached hydrogens (tertiary/aromatic N) is 2. The fourth-order valence-electron chi connectivity index (χ4n) is 1.60. The number of nitrogens with one attached hydrogen (secondary N) is 1. The zero-order chi connectivity index (χ0) is 9.80. The summed E-state index contributed by atoms with van der Waals surface area (Å²) in [6.07, 6.45) is 3.87. The average Bonchev–Trinajstić information content (AvgIpc) is 2.19. The molecule has 0 bridgehead atoms. The molecular formula is C10H15N3O. The summed E-state index contributed by atoms with van der Waals surface area (Å²) in [6, 6.07) is 2.35. The van der Waals surface area contributed by atoms with Crippen LogP contribution in [0, 0.1) is 6.92 Å². The van der Waals surface area contributed by atoms with Crippen LogP contribution in [0.5, 0.6) is 0 Å². The Bertz CT molecular complexity index is 297. The standard InChI is InChI=1S/C10H15N3O/c1-8-5-10(12-7-11-8)13-9-3-2-4-14-6-9/h5,7,9H,2-4,6H2,1H3,(H,11,12,13)/t9-/m0/s1. The van der Waals surface area contributed by atoms with Crippen LogP contribution in [0.3, 0.4) is 0 Å². The number of rotatable bonds is 2. The molecule has 1 fully saturated rings. The lowest BCUT2D eigenvalue weighted by Gasteiger charge is -2.23. The summed E-state index contributed by atoms with van der Waals surface area (Å²) in [5.74, 6) is 0.896. The summed E-state index contributed by atoms with van der Waals surface area (Å²) in [5.41, 5.74) is 0.985. The van der Waals surface area contributed by atoms with Gasteiger partial charge in [0.05, 0.1) is 12.6 Å². The Morgan fingerprint density at radius 2 is 2.43 bits per heavy atom.